The summed E-state index contributed by atoms with van der Waals surface area (Å²) >= 11 is 1.46. The molecule has 0 saturated heterocycles. The van der Waals surface area contributed by atoms with E-state index in [1.807, 2.05) is 6.26 Å². The molecular weight excluding hydrogens is 246 g/mol. The lowest BCUT2D eigenvalue weighted by Crippen LogP contribution is -2.43. The lowest BCUT2D eigenvalue weighted by atomic mass is 10.3. The molecule has 0 saturated carbocycles. The average molecular weight is 260 g/mol. The van der Waals surface area contributed by atoms with E-state index >= 15 is 0 Å². The third kappa shape index (κ3) is 9.57. The minimum absolute atomic E-state index is 0. The van der Waals surface area contributed by atoms with Gasteiger partial charge in [-0.1, -0.05) is 0 Å². The highest BCUT2D eigenvalue weighted by atomic mass is 35.5. The van der Waals surface area contributed by atoms with E-state index in [0.717, 1.165) is 0 Å². The summed E-state index contributed by atoms with van der Waals surface area (Å²) in [6.45, 7) is -0.0768. The van der Waals surface area contributed by atoms with Crippen LogP contribution in [0.3, 0.4) is 0 Å². The van der Waals surface area contributed by atoms with Crippen LogP contribution in [-0.2, 0) is 9.63 Å². The standard InChI is InChI=1S/C6H13N3O4S.ClH/c1-14-4-5(7)6(10)8-2-3-13-9(11)12;/h5H,2-4,7H2,1H3,(H,8,10);1H/t5-;/m0./s1. The number of hydrogen-bond donors (Lipinski definition) is 2. The fourth-order valence-electron chi connectivity index (χ4n) is 0.681. The number of amides is 1. The van der Waals surface area contributed by atoms with Gasteiger partial charge in [-0.15, -0.1) is 22.5 Å². The van der Waals surface area contributed by atoms with Gasteiger partial charge in [-0.2, -0.15) is 11.8 Å². The zero-order valence-corrected chi connectivity index (χ0v) is 9.81. The Morgan fingerprint density at radius 1 is 1.73 bits per heavy atom. The molecule has 1 atom stereocenters. The summed E-state index contributed by atoms with van der Waals surface area (Å²) in [6.07, 6.45) is 1.84. The van der Waals surface area contributed by atoms with Crippen molar-refractivity contribution in [2.24, 2.45) is 5.73 Å². The maximum absolute atomic E-state index is 11.1. The van der Waals surface area contributed by atoms with Crippen LogP contribution in [0.2, 0.25) is 0 Å². The molecule has 0 rings (SSSR count). The lowest BCUT2D eigenvalue weighted by Gasteiger charge is -2.09. The third-order valence-electron chi connectivity index (χ3n) is 1.28. The predicted octanol–water partition coefficient (Wildman–Crippen LogP) is -0.577. The number of nitrogens with zero attached hydrogens (tertiary/aromatic N) is 1. The van der Waals surface area contributed by atoms with Crippen LogP contribution in [-0.4, -0.2) is 42.2 Å². The van der Waals surface area contributed by atoms with E-state index in [2.05, 4.69) is 10.2 Å². The second-order valence-corrected chi connectivity index (χ2v) is 3.32. The number of carbonyl (C=O) groups is 1. The maximum atomic E-state index is 11.1. The van der Waals surface area contributed by atoms with E-state index in [-0.39, 0.29) is 31.5 Å². The first-order valence-corrected chi connectivity index (χ1v) is 5.27. The maximum Gasteiger partial charge on any atom is 0.294 e. The van der Waals surface area contributed by atoms with Crippen molar-refractivity contribution in [1.82, 2.24) is 5.32 Å². The quantitative estimate of drug-likeness (QED) is 0.360. The Labute approximate surface area is 97.6 Å². The molecule has 0 aliphatic heterocycles. The lowest BCUT2D eigenvalue weighted by molar-refractivity contribution is -0.757. The number of carbonyl (C=O) groups excluding carboxylic acids is 1. The van der Waals surface area contributed by atoms with Gasteiger partial charge in [0, 0.05) is 12.3 Å². The molecule has 0 aliphatic rings. The highest BCUT2D eigenvalue weighted by Crippen LogP contribution is 1.94. The molecule has 0 bridgehead atoms. The highest BCUT2D eigenvalue weighted by molar-refractivity contribution is 7.98. The van der Waals surface area contributed by atoms with Crippen LogP contribution in [0.5, 0.6) is 0 Å². The molecule has 3 N–H and O–H groups in total. The largest absolute Gasteiger partial charge is 0.353 e. The minimum Gasteiger partial charge on any atom is -0.353 e. The van der Waals surface area contributed by atoms with Gasteiger partial charge in [-0.3, -0.25) is 4.79 Å². The topological polar surface area (TPSA) is 107 Å². The van der Waals surface area contributed by atoms with Crippen LogP contribution < -0.4 is 11.1 Å². The number of nitrogens with one attached hydrogen (secondary N) is 1. The Bertz CT molecular complexity index is 207. The van der Waals surface area contributed by atoms with Gasteiger partial charge in [-0.05, 0) is 6.26 Å². The normalized spacial score (nSPS) is 11.1. The molecular formula is C6H14ClN3O4S. The molecule has 0 unspecified atom stereocenters. The van der Waals surface area contributed by atoms with Crippen molar-refractivity contribution in [3.8, 4) is 0 Å². The monoisotopic (exact) mass is 259 g/mol. The number of nitrogens with two attached hydrogens (primary N) is 1. The van der Waals surface area contributed by atoms with Crippen LogP contribution in [0, 0.1) is 10.1 Å². The van der Waals surface area contributed by atoms with E-state index < -0.39 is 11.1 Å². The van der Waals surface area contributed by atoms with Gasteiger partial charge in [0.25, 0.3) is 5.09 Å². The first kappa shape index (κ1) is 16.7. The summed E-state index contributed by atoms with van der Waals surface area (Å²) in [5, 5.41) is 11.2. The molecule has 15 heavy (non-hydrogen) atoms. The summed E-state index contributed by atoms with van der Waals surface area (Å²) in [6, 6.07) is -0.583. The van der Waals surface area contributed by atoms with Crippen molar-refractivity contribution in [2.45, 2.75) is 6.04 Å². The summed E-state index contributed by atoms with van der Waals surface area (Å²) in [5.74, 6) is 0.188. The van der Waals surface area contributed by atoms with Gasteiger partial charge in [0.2, 0.25) is 5.91 Å². The van der Waals surface area contributed by atoms with Gasteiger partial charge in [-0.25, -0.2) is 0 Å². The minimum atomic E-state index is -0.909. The Balaban J connectivity index is 0. The molecule has 7 nitrogen and oxygen atoms in total. The number of hydrogen-bond acceptors (Lipinski definition) is 6. The predicted molar refractivity (Wildman–Crippen MR) is 59.6 cm³/mol. The molecule has 0 spiro atoms. The summed E-state index contributed by atoms with van der Waals surface area (Å²) in [7, 11) is 0. The number of halogens is 1. The fraction of sp³-hybridized carbons (Fsp3) is 0.833. The van der Waals surface area contributed by atoms with E-state index in [9.17, 15) is 14.9 Å². The van der Waals surface area contributed by atoms with Crippen LogP contribution in [0.25, 0.3) is 0 Å². The van der Waals surface area contributed by atoms with Crippen LogP contribution >= 0.6 is 24.2 Å². The Morgan fingerprint density at radius 3 is 2.80 bits per heavy atom. The van der Waals surface area contributed by atoms with Gasteiger partial charge in [0.05, 0.1) is 6.04 Å². The van der Waals surface area contributed by atoms with Crippen molar-refractivity contribution < 1.29 is 14.7 Å². The SMILES string of the molecule is CSC[C@H](N)C(=O)NCCO[N+](=O)[O-].Cl. The fourth-order valence-corrected chi connectivity index (χ4v) is 1.19. The van der Waals surface area contributed by atoms with Gasteiger partial charge >= 0.3 is 0 Å². The van der Waals surface area contributed by atoms with Crippen molar-refractivity contribution >= 4 is 30.1 Å². The molecule has 90 valence electrons. The molecule has 0 aliphatic carbocycles. The van der Waals surface area contributed by atoms with Crippen molar-refractivity contribution in [3.63, 3.8) is 0 Å². The van der Waals surface area contributed by atoms with E-state index in [1.54, 1.807) is 0 Å². The first-order chi connectivity index (χ1) is 6.57. The van der Waals surface area contributed by atoms with Gasteiger partial charge in [0.15, 0.2) is 0 Å². The van der Waals surface area contributed by atoms with E-state index in [0.29, 0.717) is 5.75 Å². The van der Waals surface area contributed by atoms with Crippen molar-refractivity contribution in [3.05, 3.63) is 10.1 Å². The molecule has 9 heteroatoms. The molecule has 0 aromatic carbocycles. The molecule has 0 heterocycles. The summed E-state index contributed by atoms with van der Waals surface area (Å²) in [4.78, 5) is 24.8. The first-order valence-electron chi connectivity index (χ1n) is 3.87. The molecule has 1 amide bonds. The second-order valence-electron chi connectivity index (χ2n) is 2.41. The number of rotatable bonds is 7. The van der Waals surface area contributed by atoms with Crippen molar-refractivity contribution in [2.75, 3.05) is 25.2 Å². The smallest absolute Gasteiger partial charge is 0.294 e. The highest BCUT2D eigenvalue weighted by Gasteiger charge is 2.11. The third-order valence-corrected chi connectivity index (χ3v) is 1.97. The number of thioether (sulfide) groups is 1. The summed E-state index contributed by atoms with van der Waals surface area (Å²) in [5.41, 5.74) is 5.46. The van der Waals surface area contributed by atoms with E-state index in [1.165, 1.54) is 11.8 Å². The molecule has 0 fully saturated rings. The van der Waals surface area contributed by atoms with Gasteiger partial charge in [0.1, 0.15) is 6.61 Å². The molecule has 0 aromatic heterocycles. The van der Waals surface area contributed by atoms with E-state index in [4.69, 9.17) is 5.73 Å². The van der Waals surface area contributed by atoms with Crippen LogP contribution in [0.1, 0.15) is 0 Å². The van der Waals surface area contributed by atoms with Crippen LogP contribution in [0.15, 0.2) is 0 Å². The van der Waals surface area contributed by atoms with Crippen LogP contribution in [0.4, 0.5) is 0 Å². The van der Waals surface area contributed by atoms with Crippen molar-refractivity contribution in [1.29, 1.82) is 0 Å². The molecule has 0 radical (unpaired) electrons. The Kier molecular flexibility index (Phi) is 10.9. The zero-order chi connectivity index (χ0) is 11.0. The van der Waals surface area contributed by atoms with Gasteiger partial charge < -0.3 is 15.9 Å². The average Bonchev–Trinajstić information content (AvgIpc) is 2.12. The zero-order valence-electron chi connectivity index (χ0n) is 8.17. The second kappa shape index (κ2) is 9.81. The summed E-state index contributed by atoms with van der Waals surface area (Å²) < 4.78 is 0. The Hall–Kier alpha value is -0.730. The molecule has 0 aromatic rings. The Morgan fingerprint density at radius 2 is 2.33 bits per heavy atom.